The van der Waals surface area contributed by atoms with Crippen molar-refractivity contribution in [2.75, 3.05) is 49.2 Å². The van der Waals surface area contributed by atoms with E-state index in [0.717, 1.165) is 54.9 Å². The number of nitrogens with one attached hydrogen (secondary N) is 1. The molecule has 1 aliphatic heterocycles. The molecule has 0 radical (unpaired) electrons. The molecule has 0 spiro atoms. The van der Waals surface area contributed by atoms with Gasteiger partial charge in [0, 0.05) is 38.9 Å². The summed E-state index contributed by atoms with van der Waals surface area (Å²) in [5, 5.41) is 4.22. The zero-order valence-corrected chi connectivity index (χ0v) is 15.1. The molecule has 1 saturated heterocycles. The third kappa shape index (κ3) is 4.36. The minimum atomic E-state index is 0.698. The first kappa shape index (κ1) is 17.0. The number of pyridine rings is 1. The summed E-state index contributed by atoms with van der Waals surface area (Å²) in [6, 6.07) is 4.25. The van der Waals surface area contributed by atoms with E-state index >= 15 is 0 Å². The predicted octanol–water partition coefficient (Wildman–Crippen LogP) is 2.35. The van der Waals surface area contributed by atoms with Crippen molar-refractivity contribution >= 4 is 23.4 Å². The first-order chi connectivity index (χ1) is 11.8. The lowest BCUT2D eigenvalue weighted by molar-refractivity contribution is 0.270. The van der Waals surface area contributed by atoms with Gasteiger partial charge in [0.2, 0.25) is 0 Å². The molecule has 7 heteroatoms. The second-order valence-corrected chi connectivity index (χ2v) is 6.57. The van der Waals surface area contributed by atoms with E-state index in [9.17, 15) is 0 Å². The van der Waals surface area contributed by atoms with Crippen LogP contribution in [0.4, 0.5) is 11.6 Å². The highest BCUT2D eigenvalue weighted by Crippen LogP contribution is 2.16. The van der Waals surface area contributed by atoms with E-state index < -0.39 is 0 Å². The molecule has 1 aliphatic rings. The van der Waals surface area contributed by atoms with Gasteiger partial charge in [-0.3, -0.25) is 4.98 Å². The monoisotopic (exact) mass is 344 g/mol. The lowest BCUT2D eigenvalue weighted by atomic mass is 10.2. The van der Waals surface area contributed by atoms with E-state index in [4.69, 9.17) is 0 Å². The highest BCUT2D eigenvalue weighted by Gasteiger charge is 2.16. The van der Waals surface area contributed by atoms with E-state index in [0.29, 0.717) is 6.54 Å². The molecule has 0 saturated carbocycles. The second-order valence-electron chi connectivity index (χ2n) is 5.75. The van der Waals surface area contributed by atoms with Gasteiger partial charge in [-0.05, 0) is 24.4 Å². The fourth-order valence-corrected chi connectivity index (χ4v) is 3.08. The predicted molar refractivity (Wildman–Crippen MR) is 99.7 cm³/mol. The third-order valence-electron chi connectivity index (χ3n) is 4.25. The smallest absolute Gasteiger partial charge is 0.146 e. The van der Waals surface area contributed by atoms with Gasteiger partial charge >= 0.3 is 0 Å². The number of aromatic nitrogens is 3. The number of nitrogens with zero attached hydrogens (tertiary/aromatic N) is 5. The van der Waals surface area contributed by atoms with Crippen LogP contribution in [-0.4, -0.2) is 58.8 Å². The van der Waals surface area contributed by atoms with Crippen molar-refractivity contribution in [1.29, 1.82) is 0 Å². The van der Waals surface area contributed by atoms with Gasteiger partial charge in [0.25, 0.3) is 0 Å². The first-order valence-electron chi connectivity index (χ1n) is 8.30. The summed E-state index contributed by atoms with van der Waals surface area (Å²) in [6.45, 7) is 8.38. The van der Waals surface area contributed by atoms with Crippen LogP contribution in [-0.2, 0) is 6.54 Å². The van der Waals surface area contributed by atoms with Gasteiger partial charge in [-0.25, -0.2) is 9.97 Å². The zero-order valence-electron chi connectivity index (χ0n) is 14.3. The highest BCUT2D eigenvalue weighted by atomic mass is 32.2. The Balaban J connectivity index is 1.54. The van der Waals surface area contributed by atoms with Crippen LogP contribution < -0.4 is 10.2 Å². The normalized spacial score (nSPS) is 15.5. The lowest BCUT2D eigenvalue weighted by Crippen LogP contribution is -2.46. The molecule has 0 aromatic carbocycles. The number of thioether (sulfide) groups is 1. The molecule has 3 heterocycles. The Bertz CT molecular complexity index is 640. The summed E-state index contributed by atoms with van der Waals surface area (Å²) in [5.74, 6) is 1.86. The summed E-state index contributed by atoms with van der Waals surface area (Å²) in [7, 11) is 0. The van der Waals surface area contributed by atoms with Gasteiger partial charge in [0.1, 0.15) is 16.7 Å². The topological polar surface area (TPSA) is 57.2 Å². The quantitative estimate of drug-likeness (QED) is 0.807. The molecule has 2 aromatic rings. The average molecular weight is 344 g/mol. The fourth-order valence-electron chi connectivity index (χ4n) is 2.73. The van der Waals surface area contributed by atoms with Gasteiger partial charge in [-0.1, -0.05) is 13.0 Å². The van der Waals surface area contributed by atoms with Crippen LogP contribution in [0.3, 0.4) is 0 Å². The molecule has 2 aromatic heterocycles. The van der Waals surface area contributed by atoms with Gasteiger partial charge in [0.05, 0.1) is 12.4 Å². The molecule has 0 unspecified atom stereocenters. The van der Waals surface area contributed by atoms with Crippen LogP contribution >= 0.6 is 11.8 Å². The summed E-state index contributed by atoms with van der Waals surface area (Å²) in [5.41, 5.74) is 1.14. The number of hydrogen-bond acceptors (Lipinski definition) is 7. The molecule has 0 atom stereocenters. The van der Waals surface area contributed by atoms with Gasteiger partial charge in [-0.15, -0.1) is 11.8 Å². The minimum absolute atomic E-state index is 0.698. The molecule has 3 rings (SSSR count). The van der Waals surface area contributed by atoms with E-state index in [-0.39, 0.29) is 0 Å². The van der Waals surface area contributed by atoms with Crippen LogP contribution in [0.2, 0.25) is 0 Å². The Morgan fingerprint density at radius 3 is 2.62 bits per heavy atom. The number of hydrogen-bond donors (Lipinski definition) is 1. The van der Waals surface area contributed by atoms with Crippen molar-refractivity contribution in [3.05, 3.63) is 36.3 Å². The summed E-state index contributed by atoms with van der Waals surface area (Å²) >= 11 is 1.59. The van der Waals surface area contributed by atoms with Crippen LogP contribution in [0.25, 0.3) is 0 Å². The van der Waals surface area contributed by atoms with Crippen molar-refractivity contribution in [1.82, 2.24) is 19.9 Å². The van der Waals surface area contributed by atoms with Crippen molar-refractivity contribution in [2.45, 2.75) is 18.5 Å². The summed E-state index contributed by atoms with van der Waals surface area (Å²) in [6.07, 6.45) is 7.45. The summed E-state index contributed by atoms with van der Waals surface area (Å²) in [4.78, 5) is 18.1. The molecule has 1 fully saturated rings. The molecular weight excluding hydrogens is 320 g/mol. The van der Waals surface area contributed by atoms with Crippen LogP contribution in [0.1, 0.15) is 12.5 Å². The fraction of sp³-hybridized carbons (Fsp3) is 0.471. The Morgan fingerprint density at radius 1 is 1.12 bits per heavy atom. The minimum Gasteiger partial charge on any atom is -0.365 e. The number of likely N-dealkylation sites (N-methyl/N-ethyl adjacent to an activating group) is 1. The number of piperazine rings is 1. The Morgan fingerprint density at radius 2 is 1.96 bits per heavy atom. The second kappa shape index (κ2) is 8.30. The van der Waals surface area contributed by atoms with E-state index in [1.165, 1.54) is 0 Å². The molecule has 0 bridgehead atoms. The average Bonchev–Trinajstić information content (AvgIpc) is 2.67. The van der Waals surface area contributed by atoms with Gasteiger partial charge in [-0.2, -0.15) is 0 Å². The van der Waals surface area contributed by atoms with Gasteiger partial charge < -0.3 is 15.1 Å². The van der Waals surface area contributed by atoms with Crippen molar-refractivity contribution in [3.8, 4) is 0 Å². The molecular formula is C17H24N6S. The number of rotatable bonds is 6. The summed E-state index contributed by atoms with van der Waals surface area (Å²) < 4.78 is 0. The van der Waals surface area contributed by atoms with Crippen molar-refractivity contribution < 1.29 is 0 Å². The van der Waals surface area contributed by atoms with E-state index in [1.54, 1.807) is 24.2 Å². The third-order valence-corrected chi connectivity index (χ3v) is 4.86. The molecule has 1 N–H and O–H groups in total. The van der Waals surface area contributed by atoms with Crippen LogP contribution in [0.5, 0.6) is 0 Å². The van der Waals surface area contributed by atoms with Crippen molar-refractivity contribution in [2.24, 2.45) is 0 Å². The molecule has 6 nitrogen and oxygen atoms in total. The largest absolute Gasteiger partial charge is 0.365 e. The van der Waals surface area contributed by atoms with Gasteiger partial charge in [0.15, 0.2) is 0 Å². The maximum atomic E-state index is 4.63. The van der Waals surface area contributed by atoms with E-state index in [1.807, 2.05) is 12.5 Å². The Hall–Kier alpha value is -1.86. The van der Waals surface area contributed by atoms with E-state index in [2.05, 4.69) is 49.1 Å². The first-order valence-corrected chi connectivity index (χ1v) is 9.53. The maximum absolute atomic E-state index is 4.63. The molecule has 128 valence electrons. The highest BCUT2D eigenvalue weighted by molar-refractivity contribution is 7.98. The number of anilines is 2. The molecule has 0 aliphatic carbocycles. The van der Waals surface area contributed by atoms with Crippen LogP contribution in [0, 0.1) is 0 Å². The Kier molecular flexibility index (Phi) is 5.87. The standard InChI is InChI=1S/C17H24N6S/c1-3-22-6-8-23(9-7-22)16-5-4-14(11-20-16)10-19-15-12-18-13-17(21-15)24-2/h4-5,11-13H,3,6-10H2,1-2H3,(H,19,21). The molecule has 24 heavy (non-hydrogen) atoms. The zero-order chi connectivity index (χ0) is 16.8. The van der Waals surface area contributed by atoms with Crippen LogP contribution in [0.15, 0.2) is 35.7 Å². The maximum Gasteiger partial charge on any atom is 0.146 e. The lowest BCUT2D eigenvalue weighted by Gasteiger charge is -2.34. The van der Waals surface area contributed by atoms with Crippen molar-refractivity contribution in [3.63, 3.8) is 0 Å². The SMILES string of the molecule is CCN1CCN(c2ccc(CNc3cncc(SC)n3)cn2)CC1. The molecule has 0 amide bonds. The Labute approximate surface area is 147 Å².